The van der Waals surface area contributed by atoms with Crippen molar-refractivity contribution in [1.29, 1.82) is 0 Å². The molecular weight excluding hydrogens is 480 g/mol. The van der Waals surface area contributed by atoms with Crippen LogP contribution >= 0.6 is 23.2 Å². The van der Waals surface area contributed by atoms with Gasteiger partial charge in [-0.15, -0.1) is 0 Å². The van der Waals surface area contributed by atoms with Crippen LogP contribution in [0.25, 0.3) is 10.9 Å². The lowest BCUT2D eigenvalue weighted by molar-refractivity contribution is -0.127. The molecule has 1 aliphatic rings. The molecule has 4 rings (SSSR count). The van der Waals surface area contributed by atoms with E-state index < -0.39 is 34.5 Å². The largest absolute Gasteiger partial charge is 0.373 e. The number of fused-ring (bicyclic) bond motifs is 1. The Morgan fingerprint density at radius 3 is 2.67 bits per heavy atom. The van der Waals surface area contributed by atoms with Crippen LogP contribution in [-0.4, -0.2) is 33.4 Å². The zero-order valence-corrected chi connectivity index (χ0v) is 18.8. The number of hydrogen-bond donors (Lipinski definition) is 1. The van der Waals surface area contributed by atoms with Crippen LogP contribution in [0.5, 0.6) is 0 Å². The Bertz CT molecular complexity index is 1380. The first-order valence-corrected chi connectivity index (χ1v) is 10.5. The lowest BCUT2D eigenvalue weighted by atomic mass is 9.87. The third kappa shape index (κ3) is 3.95. The quantitative estimate of drug-likeness (QED) is 0.425. The van der Waals surface area contributed by atoms with Crippen molar-refractivity contribution in [1.82, 2.24) is 14.5 Å². The van der Waals surface area contributed by atoms with E-state index in [1.807, 2.05) is 0 Å². The summed E-state index contributed by atoms with van der Waals surface area (Å²) < 4.78 is 44.6. The molecule has 2 aromatic carbocycles. The van der Waals surface area contributed by atoms with E-state index in [1.54, 1.807) is 0 Å². The Morgan fingerprint density at radius 1 is 1.24 bits per heavy atom. The highest BCUT2D eigenvalue weighted by Gasteiger charge is 2.45. The number of hydrogen-bond acceptors (Lipinski definition) is 4. The van der Waals surface area contributed by atoms with Crippen LogP contribution in [0.1, 0.15) is 12.0 Å². The minimum absolute atomic E-state index is 0.00150. The maximum absolute atomic E-state index is 15.1. The van der Waals surface area contributed by atoms with Crippen LogP contribution in [0.15, 0.2) is 47.8 Å². The van der Waals surface area contributed by atoms with E-state index in [0.717, 1.165) is 17.0 Å². The fraction of sp³-hybridized carbons (Fsp3) is 0.227. The summed E-state index contributed by atoms with van der Waals surface area (Å²) in [6, 6.07) is 4.88. The zero-order chi connectivity index (χ0) is 24.1. The molecule has 3 aromatic rings. The van der Waals surface area contributed by atoms with Crippen molar-refractivity contribution < 1.29 is 18.0 Å². The summed E-state index contributed by atoms with van der Waals surface area (Å²) in [7, 11) is 1.47. The topological polar surface area (TPSA) is 67.2 Å². The van der Waals surface area contributed by atoms with Crippen molar-refractivity contribution >= 4 is 45.7 Å². The molecule has 11 heteroatoms. The van der Waals surface area contributed by atoms with Crippen molar-refractivity contribution in [3.63, 3.8) is 0 Å². The standard InChI is InChI=1S/C22H17Cl2F3N4O2/c1-11(25)20(32)31-6-5-22(9-31,17-15(26)4-3-14(23)18(17)24)29-12-7-13-19(16(27)8-12)28-10-30(2)21(13)33/h3-4,7-8,10,29H,1,5-6,9H2,2H3/t22-/m1/s1. The molecule has 0 radical (unpaired) electrons. The molecule has 1 atom stereocenters. The molecule has 0 unspecified atom stereocenters. The lowest BCUT2D eigenvalue weighted by Gasteiger charge is -2.33. The van der Waals surface area contributed by atoms with Crippen molar-refractivity contribution in [2.45, 2.75) is 12.0 Å². The van der Waals surface area contributed by atoms with Crippen molar-refractivity contribution in [2.24, 2.45) is 7.05 Å². The molecule has 0 aliphatic carbocycles. The van der Waals surface area contributed by atoms with Crippen LogP contribution in [0.4, 0.5) is 18.9 Å². The van der Waals surface area contributed by atoms with E-state index >= 15 is 4.39 Å². The first-order chi connectivity index (χ1) is 15.5. The van der Waals surface area contributed by atoms with Crippen LogP contribution in [0.2, 0.25) is 10.0 Å². The SMILES string of the molecule is C=C(F)C(=O)N1CC[C@](Nc2cc(F)c3ncn(C)c(=O)c3c2)(c2c(F)ccc(Cl)c2Cl)C1. The minimum Gasteiger partial charge on any atom is -0.373 e. The fourth-order valence-electron chi connectivity index (χ4n) is 4.12. The smallest absolute Gasteiger partial charge is 0.282 e. The van der Waals surface area contributed by atoms with Crippen molar-refractivity contribution in [2.75, 3.05) is 18.4 Å². The second-order valence-corrected chi connectivity index (χ2v) is 8.61. The Labute approximate surface area is 196 Å². The second-order valence-electron chi connectivity index (χ2n) is 7.82. The Hall–Kier alpha value is -3.04. The monoisotopic (exact) mass is 496 g/mol. The lowest BCUT2D eigenvalue weighted by Crippen LogP contribution is -2.41. The van der Waals surface area contributed by atoms with Crippen molar-refractivity contribution in [3.8, 4) is 0 Å². The number of likely N-dealkylation sites (tertiary alicyclic amines) is 1. The number of anilines is 1. The summed E-state index contributed by atoms with van der Waals surface area (Å²) in [6.07, 6.45) is 1.29. The average molecular weight is 497 g/mol. The molecule has 0 bridgehead atoms. The summed E-state index contributed by atoms with van der Waals surface area (Å²) in [5, 5.41) is 3.00. The van der Waals surface area contributed by atoms with Gasteiger partial charge in [-0.1, -0.05) is 29.8 Å². The van der Waals surface area contributed by atoms with Gasteiger partial charge in [0.05, 0.1) is 27.3 Å². The summed E-state index contributed by atoms with van der Waals surface area (Å²) in [5.74, 6) is -3.62. The Morgan fingerprint density at radius 2 is 1.97 bits per heavy atom. The number of rotatable bonds is 4. The number of aryl methyl sites for hydroxylation is 1. The molecular formula is C22H17Cl2F3N4O2. The number of carbonyl (C=O) groups is 1. The highest BCUT2D eigenvalue weighted by atomic mass is 35.5. The highest BCUT2D eigenvalue weighted by Crippen LogP contribution is 2.43. The highest BCUT2D eigenvalue weighted by molar-refractivity contribution is 6.42. The summed E-state index contributed by atoms with van der Waals surface area (Å²) in [5.41, 5.74) is -1.95. The van der Waals surface area contributed by atoms with Crippen molar-refractivity contribution in [3.05, 3.63) is 80.6 Å². The predicted molar refractivity (Wildman–Crippen MR) is 120 cm³/mol. The Balaban J connectivity index is 1.88. The average Bonchev–Trinajstić information content (AvgIpc) is 3.17. The molecule has 2 heterocycles. The summed E-state index contributed by atoms with van der Waals surface area (Å²) in [4.78, 5) is 29.8. The third-order valence-electron chi connectivity index (χ3n) is 5.67. The molecule has 0 saturated carbocycles. The molecule has 172 valence electrons. The molecule has 1 aliphatic heterocycles. The normalized spacial score (nSPS) is 18.1. The van der Waals surface area contributed by atoms with Gasteiger partial charge in [-0.25, -0.2) is 18.2 Å². The molecule has 1 fully saturated rings. The summed E-state index contributed by atoms with van der Waals surface area (Å²) in [6.45, 7) is 2.85. The first-order valence-electron chi connectivity index (χ1n) is 9.75. The first kappa shape index (κ1) is 23.1. The zero-order valence-electron chi connectivity index (χ0n) is 17.3. The maximum Gasteiger partial charge on any atom is 0.282 e. The van der Waals surface area contributed by atoms with E-state index in [-0.39, 0.29) is 51.7 Å². The fourth-order valence-corrected chi connectivity index (χ4v) is 4.61. The molecule has 1 amide bonds. The maximum atomic E-state index is 15.1. The van der Waals surface area contributed by atoms with Crippen LogP contribution in [-0.2, 0) is 17.4 Å². The van der Waals surface area contributed by atoms with Gasteiger partial charge in [0, 0.05) is 31.4 Å². The number of nitrogens with zero attached hydrogens (tertiary/aromatic N) is 3. The molecule has 6 nitrogen and oxygen atoms in total. The van der Waals surface area contributed by atoms with E-state index in [2.05, 4.69) is 16.9 Å². The number of aromatic nitrogens is 2. The molecule has 0 spiro atoms. The number of carbonyl (C=O) groups excluding carboxylic acids is 1. The van der Waals surface area contributed by atoms with Gasteiger partial charge >= 0.3 is 0 Å². The number of halogens is 5. The molecule has 33 heavy (non-hydrogen) atoms. The van der Waals surface area contributed by atoms with Crippen LogP contribution in [0.3, 0.4) is 0 Å². The predicted octanol–water partition coefficient (Wildman–Crippen LogP) is 4.54. The van der Waals surface area contributed by atoms with Gasteiger partial charge in [-0.2, -0.15) is 0 Å². The van der Waals surface area contributed by atoms with E-state index in [9.17, 15) is 18.4 Å². The van der Waals surface area contributed by atoms with Gasteiger partial charge in [0.2, 0.25) is 0 Å². The number of nitrogens with one attached hydrogen (secondary N) is 1. The van der Waals surface area contributed by atoms with Gasteiger partial charge in [-0.05, 0) is 30.7 Å². The van der Waals surface area contributed by atoms with Gasteiger partial charge in [0.25, 0.3) is 11.5 Å². The summed E-state index contributed by atoms with van der Waals surface area (Å²) >= 11 is 12.5. The van der Waals surface area contributed by atoms with Gasteiger partial charge in [-0.3, -0.25) is 9.59 Å². The van der Waals surface area contributed by atoms with Gasteiger partial charge < -0.3 is 14.8 Å². The van der Waals surface area contributed by atoms with E-state index in [0.29, 0.717) is 0 Å². The Kier molecular flexibility index (Phi) is 5.88. The number of amides is 1. The second kappa shape index (κ2) is 8.39. The van der Waals surface area contributed by atoms with Gasteiger partial charge in [0.1, 0.15) is 11.3 Å². The molecule has 1 aromatic heterocycles. The third-order valence-corrected chi connectivity index (χ3v) is 6.47. The van der Waals surface area contributed by atoms with E-state index in [1.165, 1.54) is 30.1 Å². The molecule has 1 N–H and O–H groups in total. The van der Waals surface area contributed by atoms with Gasteiger partial charge in [0.15, 0.2) is 11.6 Å². The van der Waals surface area contributed by atoms with E-state index in [4.69, 9.17) is 23.2 Å². The van der Waals surface area contributed by atoms with Crippen LogP contribution < -0.4 is 10.9 Å². The van der Waals surface area contributed by atoms with Crippen LogP contribution in [0, 0.1) is 11.6 Å². The minimum atomic E-state index is -1.40. The molecule has 1 saturated heterocycles. The number of benzene rings is 2.